The first-order valence-corrected chi connectivity index (χ1v) is 7.41. The van der Waals surface area contributed by atoms with Gasteiger partial charge in [-0.25, -0.2) is 0 Å². The largest absolute Gasteiger partial charge is 0.495 e. The maximum absolute atomic E-state index is 11.7. The van der Waals surface area contributed by atoms with E-state index in [1.165, 1.54) is 7.11 Å². The fourth-order valence-electron chi connectivity index (χ4n) is 1.35. The van der Waals surface area contributed by atoms with Crippen molar-refractivity contribution in [3.05, 3.63) is 22.7 Å². The maximum Gasteiger partial charge on any atom is 0.299 e. The van der Waals surface area contributed by atoms with Crippen LogP contribution in [0.4, 0.5) is 5.69 Å². The Morgan fingerprint density at radius 1 is 1.41 bits per heavy atom. The lowest BCUT2D eigenvalue weighted by molar-refractivity contribution is 0.417. The van der Waals surface area contributed by atoms with Gasteiger partial charge in [-0.15, -0.1) is 0 Å². The Morgan fingerprint density at radius 2 is 2.12 bits per heavy atom. The van der Waals surface area contributed by atoms with Crippen LogP contribution in [0.25, 0.3) is 0 Å². The Balaban J connectivity index is 2.18. The van der Waals surface area contributed by atoms with Gasteiger partial charge in [0.25, 0.3) is 10.2 Å². The molecule has 0 heterocycles. The number of hydrogen-bond donors (Lipinski definition) is 2. The lowest BCUT2D eigenvalue weighted by Gasteiger charge is -2.12. The second-order valence-electron chi connectivity index (χ2n) is 3.84. The zero-order chi connectivity index (χ0) is 12.5. The van der Waals surface area contributed by atoms with Crippen molar-refractivity contribution in [2.24, 2.45) is 0 Å². The van der Waals surface area contributed by atoms with Crippen molar-refractivity contribution >= 4 is 31.8 Å². The van der Waals surface area contributed by atoms with Crippen LogP contribution in [0.2, 0.25) is 0 Å². The molecule has 1 aromatic rings. The molecule has 0 unspecified atom stereocenters. The van der Waals surface area contributed by atoms with E-state index in [9.17, 15) is 8.42 Å². The van der Waals surface area contributed by atoms with Crippen molar-refractivity contribution < 1.29 is 13.2 Å². The van der Waals surface area contributed by atoms with Crippen molar-refractivity contribution in [1.29, 1.82) is 0 Å². The van der Waals surface area contributed by atoms with E-state index in [-0.39, 0.29) is 6.04 Å². The normalized spacial score (nSPS) is 15.6. The van der Waals surface area contributed by atoms with Gasteiger partial charge in [0.2, 0.25) is 0 Å². The number of nitrogens with one attached hydrogen (secondary N) is 2. The number of rotatable bonds is 5. The highest BCUT2D eigenvalue weighted by atomic mass is 79.9. The number of methoxy groups -OCH3 is 1. The van der Waals surface area contributed by atoms with Crippen LogP contribution < -0.4 is 14.2 Å². The molecule has 0 saturated heterocycles. The second-order valence-corrected chi connectivity index (χ2v) is 6.20. The van der Waals surface area contributed by atoms with Crippen LogP contribution in [-0.4, -0.2) is 21.6 Å². The molecule has 94 valence electrons. The summed E-state index contributed by atoms with van der Waals surface area (Å²) in [7, 11) is -2.03. The second kappa shape index (κ2) is 4.83. The number of ether oxygens (including phenoxy) is 1. The van der Waals surface area contributed by atoms with E-state index in [1.807, 2.05) is 0 Å². The van der Waals surface area contributed by atoms with Crippen molar-refractivity contribution in [2.75, 3.05) is 11.8 Å². The van der Waals surface area contributed by atoms with Crippen LogP contribution in [0.1, 0.15) is 12.8 Å². The van der Waals surface area contributed by atoms with Gasteiger partial charge in [0, 0.05) is 10.5 Å². The molecule has 1 aliphatic carbocycles. The smallest absolute Gasteiger partial charge is 0.299 e. The lowest BCUT2D eigenvalue weighted by Crippen LogP contribution is -2.31. The van der Waals surface area contributed by atoms with Crippen LogP contribution in [0.3, 0.4) is 0 Å². The summed E-state index contributed by atoms with van der Waals surface area (Å²) in [4.78, 5) is 0. The van der Waals surface area contributed by atoms with Gasteiger partial charge in [0.05, 0.1) is 12.8 Å². The summed E-state index contributed by atoms with van der Waals surface area (Å²) >= 11 is 3.29. The minimum absolute atomic E-state index is 0.0747. The molecule has 5 nitrogen and oxygen atoms in total. The van der Waals surface area contributed by atoms with Gasteiger partial charge in [-0.05, 0) is 31.0 Å². The summed E-state index contributed by atoms with van der Waals surface area (Å²) in [5, 5.41) is 0. The van der Waals surface area contributed by atoms with Gasteiger partial charge in [0.15, 0.2) is 0 Å². The molecule has 1 saturated carbocycles. The summed E-state index contributed by atoms with van der Waals surface area (Å²) in [6.45, 7) is 0. The van der Waals surface area contributed by atoms with Crippen molar-refractivity contribution in [2.45, 2.75) is 18.9 Å². The summed E-state index contributed by atoms with van der Waals surface area (Å²) < 4.78 is 34.3. The number of anilines is 1. The number of hydrogen-bond acceptors (Lipinski definition) is 3. The fraction of sp³-hybridized carbons (Fsp3) is 0.400. The molecular formula is C10H13BrN2O3S. The number of halogens is 1. The first kappa shape index (κ1) is 12.7. The summed E-state index contributed by atoms with van der Waals surface area (Å²) in [6.07, 6.45) is 1.80. The SMILES string of the molecule is COc1ccc(Br)cc1NS(=O)(=O)NC1CC1. The molecule has 1 aliphatic rings. The highest BCUT2D eigenvalue weighted by Crippen LogP contribution is 2.29. The topological polar surface area (TPSA) is 67.4 Å². The molecule has 0 bridgehead atoms. The third kappa shape index (κ3) is 3.58. The molecule has 1 fully saturated rings. The molecule has 1 aromatic carbocycles. The highest BCUT2D eigenvalue weighted by molar-refractivity contribution is 9.10. The molecule has 0 aromatic heterocycles. The predicted octanol–water partition coefficient (Wildman–Crippen LogP) is 1.87. The molecule has 2 N–H and O–H groups in total. The first-order chi connectivity index (χ1) is 8.00. The average molecular weight is 321 g/mol. The van der Waals surface area contributed by atoms with Crippen LogP contribution in [0.5, 0.6) is 5.75 Å². The van der Waals surface area contributed by atoms with Gasteiger partial charge >= 0.3 is 0 Å². The minimum atomic E-state index is -3.52. The van der Waals surface area contributed by atoms with E-state index in [0.29, 0.717) is 11.4 Å². The van der Waals surface area contributed by atoms with E-state index in [1.54, 1.807) is 18.2 Å². The molecule has 0 amide bonds. The van der Waals surface area contributed by atoms with E-state index in [2.05, 4.69) is 25.4 Å². The van der Waals surface area contributed by atoms with Gasteiger partial charge < -0.3 is 4.74 Å². The van der Waals surface area contributed by atoms with E-state index in [4.69, 9.17) is 4.74 Å². The molecule has 0 spiro atoms. The Hall–Kier alpha value is -0.790. The third-order valence-corrected chi connectivity index (χ3v) is 3.93. The fourth-order valence-corrected chi connectivity index (χ4v) is 2.90. The zero-order valence-corrected chi connectivity index (χ0v) is 11.6. The molecule has 0 atom stereocenters. The van der Waals surface area contributed by atoms with Crippen LogP contribution in [-0.2, 0) is 10.2 Å². The third-order valence-electron chi connectivity index (χ3n) is 2.31. The van der Waals surface area contributed by atoms with Gasteiger partial charge in [-0.2, -0.15) is 13.1 Å². The summed E-state index contributed by atoms with van der Waals surface area (Å²) in [6, 6.07) is 5.21. The minimum Gasteiger partial charge on any atom is -0.495 e. The van der Waals surface area contributed by atoms with Crippen LogP contribution in [0, 0.1) is 0 Å². The van der Waals surface area contributed by atoms with E-state index >= 15 is 0 Å². The Labute approximate surface area is 109 Å². The van der Waals surface area contributed by atoms with Crippen molar-refractivity contribution in [1.82, 2.24) is 4.72 Å². The molecular weight excluding hydrogens is 308 g/mol. The monoisotopic (exact) mass is 320 g/mol. The molecule has 2 rings (SSSR count). The first-order valence-electron chi connectivity index (χ1n) is 5.14. The van der Waals surface area contributed by atoms with Crippen molar-refractivity contribution in [3.63, 3.8) is 0 Å². The Kier molecular flexibility index (Phi) is 3.60. The molecule has 7 heteroatoms. The summed E-state index contributed by atoms with van der Waals surface area (Å²) in [5.41, 5.74) is 0.412. The molecule has 17 heavy (non-hydrogen) atoms. The molecule has 0 radical (unpaired) electrons. The number of benzene rings is 1. The summed E-state index contributed by atoms with van der Waals surface area (Å²) in [5.74, 6) is 0.481. The maximum atomic E-state index is 11.7. The van der Waals surface area contributed by atoms with Crippen LogP contribution in [0.15, 0.2) is 22.7 Å². The quantitative estimate of drug-likeness (QED) is 0.870. The van der Waals surface area contributed by atoms with E-state index in [0.717, 1.165) is 17.3 Å². The van der Waals surface area contributed by atoms with Gasteiger partial charge in [-0.3, -0.25) is 4.72 Å². The Morgan fingerprint density at radius 3 is 2.71 bits per heavy atom. The van der Waals surface area contributed by atoms with Crippen LogP contribution >= 0.6 is 15.9 Å². The molecule has 0 aliphatic heterocycles. The van der Waals surface area contributed by atoms with Gasteiger partial charge in [-0.1, -0.05) is 15.9 Å². The predicted molar refractivity (Wildman–Crippen MR) is 69.4 cm³/mol. The average Bonchev–Trinajstić information content (AvgIpc) is 3.00. The van der Waals surface area contributed by atoms with Crippen molar-refractivity contribution in [3.8, 4) is 5.75 Å². The Bertz CT molecular complexity index is 514. The standard InChI is InChI=1S/C10H13BrN2O3S/c1-16-10-5-2-7(11)6-9(10)13-17(14,15)12-8-3-4-8/h2,5-6,8,12-13H,3-4H2,1H3. The van der Waals surface area contributed by atoms with Gasteiger partial charge in [0.1, 0.15) is 5.75 Å². The van der Waals surface area contributed by atoms with E-state index < -0.39 is 10.2 Å². The zero-order valence-electron chi connectivity index (χ0n) is 9.23. The lowest BCUT2D eigenvalue weighted by atomic mass is 10.3. The highest BCUT2D eigenvalue weighted by Gasteiger charge is 2.27.